The standard InChI is InChI=1S/C43H62N10O14/c1-20(2)35(43(67)46-19-33(58)59)53-41(65)31(17-27-10-14-29(56)15-11-27)52-40(64)30(16-26-8-12-28(55)13-9-26)51-39(63)24(6)49-38(62)23(5)48-37(61)22(4)47-32(57)18-45-36(60)21(3)50-42(66)34(44)25(7)54/h8-15,20-25,30-31,34-35,54-56H,16-19,44H2,1-7H3,(H,45,60)(H,46,67)(H,47,57)(H,48,61)(H,49,62)(H,50,66)(H,51,63)(H,52,64)(H,53,65)(H,58,59)/t21-,22-,23-,24-,25+,30-,31-,34-,35-/m0/s1. The van der Waals surface area contributed by atoms with Gasteiger partial charge in [0.1, 0.15) is 66.4 Å². The Labute approximate surface area is 386 Å². The van der Waals surface area contributed by atoms with Crippen LogP contribution in [-0.4, -0.2) is 147 Å². The third-order valence-electron chi connectivity index (χ3n) is 9.95. The second-order valence-corrected chi connectivity index (χ2v) is 16.2. The number of carboxylic acids is 1. The molecule has 0 spiro atoms. The fraction of sp³-hybridized carbons (Fsp3) is 0.488. The van der Waals surface area contributed by atoms with E-state index >= 15 is 0 Å². The van der Waals surface area contributed by atoms with Gasteiger partial charge in [0.05, 0.1) is 12.6 Å². The summed E-state index contributed by atoms with van der Waals surface area (Å²) >= 11 is 0. The number of hydrogen-bond acceptors (Lipinski definition) is 14. The molecule has 0 aliphatic rings. The minimum absolute atomic E-state index is 0.0743. The molecule has 0 aliphatic carbocycles. The van der Waals surface area contributed by atoms with Crippen molar-refractivity contribution in [3.63, 3.8) is 0 Å². The van der Waals surface area contributed by atoms with Crippen LogP contribution in [0, 0.1) is 5.92 Å². The Morgan fingerprint density at radius 3 is 1.28 bits per heavy atom. The van der Waals surface area contributed by atoms with Crippen LogP contribution < -0.4 is 53.6 Å². The Balaban J connectivity index is 2.16. The summed E-state index contributed by atoms with van der Waals surface area (Å²) in [6.45, 7) is 8.43. The molecule has 368 valence electrons. The van der Waals surface area contributed by atoms with Crippen molar-refractivity contribution < 1.29 is 68.4 Å². The summed E-state index contributed by atoms with van der Waals surface area (Å²) < 4.78 is 0. The van der Waals surface area contributed by atoms with E-state index in [9.17, 15) is 63.3 Å². The van der Waals surface area contributed by atoms with Crippen molar-refractivity contribution in [3.05, 3.63) is 59.7 Å². The van der Waals surface area contributed by atoms with Crippen LogP contribution in [0.15, 0.2) is 48.5 Å². The van der Waals surface area contributed by atoms with Gasteiger partial charge in [-0.1, -0.05) is 38.1 Å². The lowest BCUT2D eigenvalue weighted by Crippen LogP contribution is -2.60. The number of phenols is 2. The average Bonchev–Trinajstić information content (AvgIpc) is 3.26. The maximum Gasteiger partial charge on any atom is 0.322 e. The lowest BCUT2D eigenvalue weighted by molar-refractivity contribution is -0.139. The number of amides is 9. The minimum Gasteiger partial charge on any atom is -0.508 e. The summed E-state index contributed by atoms with van der Waals surface area (Å²) in [6, 6.07) is 1.11. The summed E-state index contributed by atoms with van der Waals surface area (Å²) in [6.07, 6.45) is -1.53. The number of aromatic hydroxyl groups is 2. The second-order valence-electron chi connectivity index (χ2n) is 16.2. The van der Waals surface area contributed by atoms with Gasteiger partial charge in [0, 0.05) is 12.8 Å². The predicted molar refractivity (Wildman–Crippen MR) is 238 cm³/mol. The molecule has 0 aromatic heterocycles. The van der Waals surface area contributed by atoms with Crippen molar-refractivity contribution in [2.24, 2.45) is 11.7 Å². The molecule has 0 unspecified atom stereocenters. The highest BCUT2D eigenvalue weighted by atomic mass is 16.4. The molecule has 2 rings (SSSR count). The summed E-state index contributed by atoms with van der Waals surface area (Å²) in [5.41, 5.74) is 6.48. The molecule has 0 bridgehead atoms. The number of phenolic OH excluding ortho intramolecular Hbond substituents is 2. The fourth-order valence-corrected chi connectivity index (χ4v) is 5.87. The number of carbonyl (C=O) groups excluding carboxylic acids is 9. The highest BCUT2D eigenvalue weighted by molar-refractivity contribution is 5.98. The summed E-state index contributed by atoms with van der Waals surface area (Å²) in [4.78, 5) is 128. The monoisotopic (exact) mass is 942 g/mol. The van der Waals surface area contributed by atoms with Gasteiger partial charge in [-0.2, -0.15) is 0 Å². The van der Waals surface area contributed by atoms with Crippen molar-refractivity contribution >= 4 is 59.1 Å². The molecular weight excluding hydrogens is 881 g/mol. The van der Waals surface area contributed by atoms with Crippen molar-refractivity contribution in [3.8, 4) is 11.5 Å². The topological polar surface area (TPSA) is 386 Å². The number of carboxylic acid groups (broad SMARTS) is 1. The van der Waals surface area contributed by atoms with E-state index in [1.165, 1.54) is 83.1 Å². The van der Waals surface area contributed by atoms with E-state index in [1.807, 2.05) is 0 Å². The fourth-order valence-electron chi connectivity index (χ4n) is 5.87. The molecule has 0 radical (unpaired) electrons. The SMILES string of the molecule is CC(C)[C@H](NC(=O)[C@H](Cc1ccc(O)cc1)NC(=O)[C@H](Cc1ccc(O)cc1)NC(=O)[C@H](C)NC(=O)[C@H](C)NC(=O)[C@H](C)NC(=O)CNC(=O)[C@H](C)NC(=O)[C@@H](N)[C@@H](C)O)C(=O)NCC(=O)O. The van der Waals surface area contributed by atoms with Crippen molar-refractivity contribution in [1.82, 2.24) is 47.9 Å². The molecule has 0 aliphatic heterocycles. The zero-order valence-corrected chi connectivity index (χ0v) is 38.2. The van der Waals surface area contributed by atoms with E-state index in [-0.39, 0.29) is 24.3 Å². The Morgan fingerprint density at radius 1 is 0.478 bits per heavy atom. The van der Waals surface area contributed by atoms with E-state index in [0.29, 0.717) is 11.1 Å². The highest BCUT2D eigenvalue weighted by Crippen LogP contribution is 2.15. The van der Waals surface area contributed by atoms with Crippen LogP contribution in [0.4, 0.5) is 0 Å². The van der Waals surface area contributed by atoms with E-state index in [1.54, 1.807) is 13.8 Å². The Bertz CT molecular complexity index is 2080. The normalized spacial score (nSPS) is 15.0. The lowest BCUT2D eigenvalue weighted by atomic mass is 10.00. The highest BCUT2D eigenvalue weighted by Gasteiger charge is 2.33. The van der Waals surface area contributed by atoms with Crippen LogP contribution in [0.2, 0.25) is 0 Å². The molecule has 0 saturated heterocycles. The number of carbonyl (C=O) groups is 10. The van der Waals surface area contributed by atoms with Crippen molar-refractivity contribution in [2.45, 2.75) is 116 Å². The predicted octanol–water partition coefficient (Wildman–Crippen LogP) is -3.96. The van der Waals surface area contributed by atoms with Crippen LogP contribution in [0.3, 0.4) is 0 Å². The number of hydrogen-bond donors (Lipinski definition) is 14. The number of aliphatic hydroxyl groups excluding tert-OH is 1. The van der Waals surface area contributed by atoms with E-state index in [4.69, 9.17) is 10.8 Å². The van der Waals surface area contributed by atoms with Crippen LogP contribution in [0.25, 0.3) is 0 Å². The number of aliphatic hydroxyl groups is 1. The van der Waals surface area contributed by atoms with Crippen LogP contribution >= 0.6 is 0 Å². The van der Waals surface area contributed by atoms with Crippen LogP contribution in [0.5, 0.6) is 11.5 Å². The van der Waals surface area contributed by atoms with Gasteiger partial charge in [-0.25, -0.2) is 0 Å². The van der Waals surface area contributed by atoms with E-state index in [0.717, 1.165) is 0 Å². The Hall–Kier alpha value is -7.34. The van der Waals surface area contributed by atoms with Crippen LogP contribution in [0.1, 0.15) is 59.6 Å². The van der Waals surface area contributed by atoms with Gasteiger partial charge in [-0.3, -0.25) is 47.9 Å². The number of nitrogens with two attached hydrogens (primary N) is 1. The summed E-state index contributed by atoms with van der Waals surface area (Å²) in [7, 11) is 0. The third kappa shape index (κ3) is 19.3. The molecule has 24 heteroatoms. The number of rotatable bonds is 25. The van der Waals surface area contributed by atoms with Gasteiger partial charge >= 0.3 is 5.97 Å². The molecule has 9 amide bonds. The first-order chi connectivity index (χ1) is 31.3. The number of aliphatic carboxylic acids is 1. The zero-order valence-electron chi connectivity index (χ0n) is 38.2. The molecule has 67 heavy (non-hydrogen) atoms. The summed E-state index contributed by atoms with van der Waals surface area (Å²) in [5, 5.41) is 59.8. The van der Waals surface area contributed by atoms with Crippen molar-refractivity contribution in [1.29, 1.82) is 0 Å². The first-order valence-electron chi connectivity index (χ1n) is 21.2. The first-order valence-corrected chi connectivity index (χ1v) is 21.2. The molecule has 15 N–H and O–H groups in total. The number of nitrogens with one attached hydrogen (secondary N) is 9. The van der Waals surface area contributed by atoms with Gasteiger partial charge in [-0.15, -0.1) is 0 Å². The van der Waals surface area contributed by atoms with E-state index in [2.05, 4.69) is 47.9 Å². The average molecular weight is 943 g/mol. The second kappa shape index (κ2) is 26.6. The Morgan fingerprint density at radius 2 is 0.851 bits per heavy atom. The summed E-state index contributed by atoms with van der Waals surface area (Å²) in [5.74, 6) is -9.40. The molecule has 9 atom stereocenters. The smallest absolute Gasteiger partial charge is 0.322 e. The lowest BCUT2D eigenvalue weighted by Gasteiger charge is -2.27. The van der Waals surface area contributed by atoms with Crippen LogP contribution in [-0.2, 0) is 60.8 Å². The first kappa shape index (κ1) is 55.8. The molecule has 0 saturated carbocycles. The van der Waals surface area contributed by atoms with Gasteiger partial charge in [0.15, 0.2) is 0 Å². The molecule has 2 aromatic carbocycles. The molecule has 0 fully saturated rings. The Kier molecular flexibility index (Phi) is 22.1. The van der Waals surface area contributed by atoms with Gasteiger partial charge in [-0.05, 0) is 75.9 Å². The van der Waals surface area contributed by atoms with Gasteiger partial charge in [0.2, 0.25) is 53.2 Å². The molecule has 24 nitrogen and oxygen atoms in total. The largest absolute Gasteiger partial charge is 0.508 e. The van der Waals surface area contributed by atoms with Gasteiger partial charge in [0.25, 0.3) is 0 Å². The van der Waals surface area contributed by atoms with Gasteiger partial charge < -0.3 is 74.0 Å². The third-order valence-corrected chi connectivity index (χ3v) is 9.95. The zero-order chi connectivity index (χ0) is 50.7. The molecule has 2 aromatic rings. The quantitative estimate of drug-likeness (QED) is 0.0452. The molecular formula is C43H62N10O14. The van der Waals surface area contributed by atoms with Crippen molar-refractivity contribution in [2.75, 3.05) is 13.1 Å². The molecule has 0 heterocycles. The maximum atomic E-state index is 14.1. The minimum atomic E-state index is -1.42. The number of benzene rings is 2. The maximum absolute atomic E-state index is 14.1. The van der Waals surface area contributed by atoms with E-state index < -0.39 is 133 Å².